The SMILES string of the molecule is NC(=O)Cc1cc(C2=CN=C3CC(F)=CC=C23)ccc1S(N)(=O)=O. The van der Waals surface area contributed by atoms with Gasteiger partial charge in [0.05, 0.1) is 17.0 Å². The van der Waals surface area contributed by atoms with Crippen molar-refractivity contribution in [2.24, 2.45) is 15.9 Å². The van der Waals surface area contributed by atoms with E-state index in [9.17, 15) is 17.6 Å². The third-order valence-electron chi connectivity index (χ3n) is 3.76. The Hall–Kier alpha value is -2.58. The van der Waals surface area contributed by atoms with Crippen LogP contribution in [-0.2, 0) is 21.2 Å². The van der Waals surface area contributed by atoms with Gasteiger partial charge < -0.3 is 5.73 Å². The van der Waals surface area contributed by atoms with Crippen molar-refractivity contribution >= 4 is 27.2 Å². The summed E-state index contributed by atoms with van der Waals surface area (Å²) in [6, 6.07) is 4.45. The van der Waals surface area contributed by atoms with E-state index in [0.717, 1.165) is 11.1 Å². The van der Waals surface area contributed by atoms with Crippen molar-refractivity contribution in [3.05, 3.63) is 59.1 Å². The Kier molecular flexibility index (Phi) is 3.94. The van der Waals surface area contributed by atoms with Crippen LogP contribution in [0.4, 0.5) is 4.39 Å². The van der Waals surface area contributed by atoms with Crippen LogP contribution < -0.4 is 10.9 Å². The van der Waals surface area contributed by atoms with Gasteiger partial charge in [0.1, 0.15) is 5.83 Å². The summed E-state index contributed by atoms with van der Waals surface area (Å²) in [5.41, 5.74) is 8.16. The molecule has 24 heavy (non-hydrogen) atoms. The minimum atomic E-state index is -3.98. The number of fused-ring (bicyclic) bond motifs is 1. The molecule has 0 spiro atoms. The molecule has 1 aromatic carbocycles. The van der Waals surface area contributed by atoms with Crippen LogP contribution >= 0.6 is 0 Å². The maximum atomic E-state index is 13.3. The van der Waals surface area contributed by atoms with Gasteiger partial charge in [-0.2, -0.15) is 0 Å². The lowest BCUT2D eigenvalue weighted by molar-refractivity contribution is -0.117. The van der Waals surface area contributed by atoms with Gasteiger partial charge in [0.25, 0.3) is 0 Å². The van der Waals surface area contributed by atoms with Gasteiger partial charge in [-0.3, -0.25) is 9.79 Å². The second-order valence-corrected chi connectivity index (χ2v) is 7.03. The fraction of sp³-hybridized carbons (Fsp3) is 0.125. The number of nitrogens with zero attached hydrogens (tertiary/aromatic N) is 1. The summed E-state index contributed by atoms with van der Waals surface area (Å²) in [7, 11) is -3.98. The van der Waals surface area contributed by atoms with Gasteiger partial charge in [-0.25, -0.2) is 17.9 Å². The first kappa shape index (κ1) is 16.3. The second-order valence-electron chi connectivity index (χ2n) is 5.50. The molecule has 0 radical (unpaired) electrons. The van der Waals surface area contributed by atoms with Crippen LogP contribution in [0.2, 0.25) is 0 Å². The van der Waals surface area contributed by atoms with Crippen LogP contribution in [0.5, 0.6) is 0 Å². The van der Waals surface area contributed by atoms with Crippen molar-refractivity contribution in [1.29, 1.82) is 0 Å². The van der Waals surface area contributed by atoms with E-state index in [-0.39, 0.29) is 29.1 Å². The van der Waals surface area contributed by atoms with E-state index in [1.807, 2.05) is 0 Å². The van der Waals surface area contributed by atoms with Crippen molar-refractivity contribution in [3.8, 4) is 0 Å². The molecule has 4 N–H and O–H groups in total. The fourth-order valence-electron chi connectivity index (χ4n) is 2.74. The Bertz CT molecular complexity index is 972. The van der Waals surface area contributed by atoms with Crippen LogP contribution in [0.3, 0.4) is 0 Å². The molecule has 1 amide bonds. The number of sulfonamides is 1. The van der Waals surface area contributed by atoms with Gasteiger partial charge in [0.15, 0.2) is 0 Å². The van der Waals surface area contributed by atoms with E-state index in [4.69, 9.17) is 10.9 Å². The highest BCUT2D eigenvalue weighted by Crippen LogP contribution is 2.35. The number of carbonyl (C=O) groups is 1. The summed E-state index contributed by atoms with van der Waals surface area (Å²) in [5, 5.41) is 5.18. The van der Waals surface area contributed by atoms with E-state index in [2.05, 4.69) is 4.99 Å². The number of halogens is 1. The Labute approximate surface area is 138 Å². The molecule has 0 atom stereocenters. The molecule has 6 nitrogen and oxygen atoms in total. The summed E-state index contributed by atoms with van der Waals surface area (Å²) in [6.07, 6.45) is 4.45. The predicted octanol–water partition coefficient (Wildman–Crippen LogP) is 1.34. The van der Waals surface area contributed by atoms with Crippen molar-refractivity contribution in [3.63, 3.8) is 0 Å². The summed E-state index contributed by atoms with van der Waals surface area (Å²) in [4.78, 5) is 15.3. The van der Waals surface area contributed by atoms with Crippen molar-refractivity contribution in [2.45, 2.75) is 17.7 Å². The van der Waals surface area contributed by atoms with Crippen LogP contribution in [0.15, 0.2) is 57.8 Å². The molecule has 0 aromatic heterocycles. The maximum Gasteiger partial charge on any atom is 0.238 e. The Morgan fingerprint density at radius 3 is 2.67 bits per heavy atom. The predicted molar refractivity (Wildman–Crippen MR) is 88.0 cm³/mol. The van der Waals surface area contributed by atoms with Gasteiger partial charge in [0.2, 0.25) is 15.9 Å². The molecule has 0 bridgehead atoms. The van der Waals surface area contributed by atoms with Crippen molar-refractivity contribution in [2.75, 3.05) is 0 Å². The number of rotatable bonds is 4. The number of aliphatic imine (C=N–C) groups is 1. The smallest absolute Gasteiger partial charge is 0.238 e. The molecule has 1 aromatic rings. The molecule has 1 aliphatic heterocycles. The Balaban J connectivity index is 2.06. The Morgan fingerprint density at radius 1 is 1.25 bits per heavy atom. The first-order chi connectivity index (χ1) is 11.3. The number of hydrogen-bond donors (Lipinski definition) is 2. The minimum absolute atomic E-state index is 0.120. The highest BCUT2D eigenvalue weighted by molar-refractivity contribution is 7.89. The normalized spacial score (nSPS) is 16.8. The van der Waals surface area contributed by atoms with Crippen LogP contribution in [0.25, 0.3) is 5.57 Å². The zero-order valence-corrected chi connectivity index (χ0v) is 13.3. The summed E-state index contributed by atoms with van der Waals surface area (Å²) in [6.45, 7) is 0. The van der Waals surface area contributed by atoms with Crippen molar-refractivity contribution < 1.29 is 17.6 Å². The summed E-state index contributed by atoms with van der Waals surface area (Å²) in [5.74, 6) is -0.942. The zero-order chi connectivity index (χ0) is 17.5. The number of carbonyl (C=O) groups excluding carboxylic acids is 1. The van der Waals surface area contributed by atoms with Crippen molar-refractivity contribution in [1.82, 2.24) is 0 Å². The van der Waals surface area contributed by atoms with Gasteiger partial charge >= 0.3 is 0 Å². The molecule has 2 aliphatic rings. The van der Waals surface area contributed by atoms with E-state index in [1.54, 1.807) is 24.4 Å². The Morgan fingerprint density at radius 2 is 2.00 bits per heavy atom. The summed E-state index contributed by atoms with van der Waals surface area (Å²) >= 11 is 0. The number of hydrogen-bond acceptors (Lipinski definition) is 4. The largest absolute Gasteiger partial charge is 0.369 e. The fourth-order valence-corrected chi connectivity index (χ4v) is 3.49. The van der Waals surface area contributed by atoms with E-state index < -0.39 is 15.9 Å². The lowest BCUT2D eigenvalue weighted by atomic mass is 9.91. The van der Waals surface area contributed by atoms with E-state index in [1.165, 1.54) is 12.1 Å². The molecule has 0 saturated carbocycles. The molecule has 124 valence electrons. The van der Waals surface area contributed by atoms with E-state index in [0.29, 0.717) is 11.3 Å². The topological polar surface area (TPSA) is 116 Å². The number of amides is 1. The molecular weight excluding hydrogens is 333 g/mol. The van der Waals surface area contributed by atoms with Crippen LogP contribution in [0.1, 0.15) is 17.5 Å². The van der Waals surface area contributed by atoms with Gasteiger partial charge in [0, 0.05) is 23.8 Å². The summed E-state index contributed by atoms with van der Waals surface area (Å²) < 4.78 is 36.6. The number of allylic oxidation sites excluding steroid dienone is 5. The average molecular weight is 347 g/mol. The first-order valence-electron chi connectivity index (χ1n) is 7.04. The number of benzene rings is 1. The van der Waals surface area contributed by atoms with E-state index >= 15 is 0 Å². The molecule has 0 saturated heterocycles. The average Bonchev–Trinajstić information content (AvgIpc) is 2.88. The lowest BCUT2D eigenvalue weighted by Crippen LogP contribution is -2.19. The highest BCUT2D eigenvalue weighted by atomic mass is 32.2. The monoisotopic (exact) mass is 347 g/mol. The third-order valence-corrected chi connectivity index (χ3v) is 4.77. The van der Waals surface area contributed by atoms with Gasteiger partial charge in [-0.1, -0.05) is 6.07 Å². The van der Waals surface area contributed by atoms with Gasteiger partial charge in [-0.15, -0.1) is 0 Å². The quantitative estimate of drug-likeness (QED) is 0.856. The zero-order valence-electron chi connectivity index (χ0n) is 12.5. The van der Waals surface area contributed by atoms with Crippen LogP contribution in [0, 0.1) is 0 Å². The molecule has 3 rings (SSSR count). The molecule has 0 unspecified atom stereocenters. The molecule has 1 heterocycles. The highest BCUT2D eigenvalue weighted by Gasteiger charge is 2.24. The minimum Gasteiger partial charge on any atom is -0.369 e. The molecule has 8 heteroatoms. The number of nitrogens with two attached hydrogens (primary N) is 2. The number of primary sulfonamides is 1. The molecule has 1 aliphatic carbocycles. The number of primary amides is 1. The van der Waals surface area contributed by atoms with Crippen LogP contribution in [-0.4, -0.2) is 20.0 Å². The standard InChI is InChI=1S/C16H14FN3O3S/c17-11-2-3-12-13(8-20-14(12)7-11)9-1-4-15(24(19,22)23)10(5-9)6-16(18)21/h1-5,8H,6-7H2,(H2,18,21)(H2,19,22,23). The molecular formula is C16H14FN3O3S. The second kappa shape index (κ2) is 5.81. The maximum absolute atomic E-state index is 13.3. The lowest BCUT2D eigenvalue weighted by Gasteiger charge is -2.14. The van der Waals surface area contributed by atoms with Gasteiger partial charge in [-0.05, 0) is 35.4 Å². The third kappa shape index (κ3) is 3.06. The first-order valence-corrected chi connectivity index (χ1v) is 8.58. The molecule has 0 fully saturated rings.